The first kappa shape index (κ1) is 13.0. The van der Waals surface area contributed by atoms with Crippen LogP contribution < -0.4 is 5.56 Å². The van der Waals surface area contributed by atoms with Gasteiger partial charge in [-0.3, -0.25) is 14.4 Å². The summed E-state index contributed by atoms with van der Waals surface area (Å²) in [6.45, 7) is -0.0784. The first-order valence-corrected chi connectivity index (χ1v) is 5.12. The summed E-state index contributed by atoms with van der Waals surface area (Å²) in [5, 5.41) is 8.51. The maximum atomic E-state index is 11.5. The van der Waals surface area contributed by atoms with Crippen LogP contribution in [-0.2, 0) is 16.1 Å². The molecule has 0 unspecified atom stereocenters. The molecule has 0 spiro atoms. The average Bonchev–Trinajstić information content (AvgIpc) is 2.26. The molecule has 17 heavy (non-hydrogen) atoms. The molecule has 0 aliphatic heterocycles. The Kier molecular flexibility index (Phi) is 4.45. The van der Waals surface area contributed by atoms with Gasteiger partial charge < -0.3 is 14.6 Å². The molecular weight excluding hydrogens is 224 g/mol. The standard InChI is InChI=1S/C11H14N2O4/c1-12(8-11(16)17)9(14)5-7-13-6-3-2-4-10(13)15/h2-4,6H,5,7-8H2,1H3,(H,16,17). The Balaban J connectivity index is 2.51. The summed E-state index contributed by atoms with van der Waals surface area (Å²) in [4.78, 5) is 34.3. The van der Waals surface area contributed by atoms with Gasteiger partial charge in [0.1, 0.15) is 6.54 Å². The van der Waals surface area contributed by atoms with Crippen LogP contribution in [0.3, 0.4) is 0 Å². The molecule has 1 aromatic heterocycles. The molecule has 1 amide bonds. The summed E-state index contributed by atoms with van der Waals surface area (Å²) >= 11 is 0. The molecule has 1 heterocycles. The number of rotatable bonds is 5. The lowest BCUT2D eigenvalue weighted by Gasteiger charge is -2.14. The molecule has 1 aromatic rings. The number of hydrogen-bond donors (Lipinski definition) is 1. The monoisotopic (exact) mass is 238 g/mol. The number of aliphatic carboxylic acids is 1. The summed E-state index contributed by atoms with van der Waals surface area (Å²) in [5.41, 5.74) is -0.179. The average molecular weight is 238 g/mol. The second-order valence-corrected chi connectivity index (χ2v) is 3.63. The van der Waals surface area contributed by atoms with Crippen molar-refractivity contribution in [2.75, 3.05) is 13.6 Å². The summed E-state index contributed by atoms with van der Waals surface area (Å²) in [6, 6.07) is 4.73. The van der Waals surface area contributed by atoms with Gasteiger partial charge in [-0.25, -0.2) is 0 Å². The van der Waals surface area contributed by atoms with Crippen molar-refractivity contribution in [3.8, 4) is 0 Å². The van der Waals surface area contributed by atoms with Crippen molar-refractivity contribution >= 4 is 11.9 Å². The lowest BCUT2D eigenvalue weighted by Crippen LogP contribution is -2.33. The molecular formula is C11H14N2O4. The number of nitrogens with zero attached hydrogens (tertiary/aromatic N) is 2. The van der Waals surface area contributed by atoms with Crippen LogP contribution in [0.25, 0.3) is 0 Å². The zero-order chi connectivity index (χ0) is 12.8. The number of aryl methyl sites for hydroxylation is 1. The van der Waals surface area contributed by atoms with Crippen LogP contribution in [0.5, 0.6) is 0 Å². The first-order valence-electron chi connectivity index (χ1n) is 5.12. The van der Waals surface area contributed by atoms with E-state index >= 15 is 0 Å². The van der Waals surface area contributed by atoms with Crippen LogP contribution >= 0.6 is 0 Å². The molecule has 0 aliphatic carbocycles. The van der Waals surface area contributed by atoms with Gasteiger partial charge in [-0.05, 0) is 6.07 Å². The van der Waals surface area contributed by atoms with Crippen LogP contribution in [-0.4, -0.2) is 40.0 Å². The number of likely N-dealkylation sites (N-methyl/N-ethyl adjacent to an activating group) is 1. The molecule has 1 rings (SSSR count). The van der Waals surface area contributed by atoms with E-state index in [0.717, 1.165) is 4.90 Å². The van der Waals surface area contributed by atoms with E-state index in [2.05, 4.69) is 0 Å². The zero-order valence-electron chi connectivity index (χ0n) is 9.50. The second-order valence-electron chi connectivity index (χ2n) is 3.63. The molecule has 0 saturated heterocycles. The zero-order valence-corrected chi connectivity index (χ0v) is 9.50. The summed E-state index contributed by atoms with van der Waals surface area (Å²) in [7, 11) is 1.42. The third kappa shape index (κ3) is 4.10. The van der Waals surface area contributed by atoms with E-state index in [0.29, 0.717) is 0 Å². The van der Waals surface area contributed by atoms with E-state index in [1.54, 1.807) is 18.3 Å². The number of carbonyl (C=O) groups is 2. The Labute approximate surface area is 98.1 Å². The topological polar surface area (TPSA) is 79.6 Å². The van der Waals surface area contributed by atoms with Crippen LogP contribution in [0, 0.1) is 0 Å². The number of amides is 1. The Morgan fingerprint density at radius 1 is 1.41 bits per heavy atom. The normalized spacial score (nSPS) is 9.94. The van der Waals surface area contributed by atoms with Crippen molar-refractivity contribution in [1.82, 2.24) is 9.47 Å². The molecule has 6 heteroatoms. The largest absolute Gasteiger partial charge is 0.480 e. The lowest BCUT2D eigenvalue weighted by atomic mass is 10.3. The van der Waals surface area contributed by atoms with Gasteiger partial charge >= 0.3 is 5.97 Å². The fraction of sp³-hybridized carbons (Fsp3) is 0.364. The van der Waals surface area contributed by atoms with Gasteiger partial charge in [0.2, 0.25) is 5.91 Å². The highest BCUT2D eigenvalue weighted by atomic mass is 16.4. The van der Waals surface area contributed by atoms with E-state index in [1.165, 1.54) is 17.7 Å². The molecule has 0 radical (unpaired) electrons. The smallest absolute Gasteiger partial charge is 0.323 e. The van der Waals surface area contributed by atoms with E-state index in [9.17, 15) is 14.4 Å². The Morgan fingerprint density at radius 3 is 2.71 bits per heavy atom. The molecule has 0 saturated carbocycles. The molecule has 0 aromatic carbocycles. The Bertz CT molecular complexity index is 467. The van der Waals surface area contributed by atoms with E-state index in [1.807, 2.05) is 0 Å². The van der Waals surface area contributed by atoms with Gasteiger partial charge in [0, 0.05) is 32.3 Å². The quantitative estimate of drug-likeness (QED) is 0.769. The van der Waals surface area contributed by atoms with E-state index in [4.69, 9.17) is 5.11 Å². The van der Waals surface area contributed by atoms with Gasteiger partial charge in [0.05, 0.1) is 0 Å². The summed E-state index contributed by atoms with van der Waals surface area (Å²) < 4.78 is 1.41. The predicted molar refractivity (Wildman–Crippen MR) is 60.6 cm³/mol. The number of aromatic nitrogens is 1. The Hall–Kier alpha value is -2.11. The third-order valence-corrected chi connectivity index (χ3v) is 2.26. The van der Waals surface area contributed by atoms with Crippen molar-refractivity contribution in [3.63, 3.8) is 0 Å². The second kappa shape index (κ2) is 5.83. The van der Waals surface area contributed by atoms with Gasteiger partial charge in [-0.2, -0.15) is 0 Å². The number of carboxylic acid groups (broad SMARTS) is 1. The molecule has 0 aliphatic rings. The third-order valence-electron chi connectivity index (χ3n) is 2.26. The van der Waals surface area contributed by atoms with Gasteiger partial charge in [0.25, 0.3) is 5.56 Å². The van der Waals surface area contributed by atoms with Gasteiger partial charge in [0.15, 0.2) is 0 Å². The summed E-state index contributed by atoms with van der Waals surface area (Å²) in [6.07, 6.45) is 1.69. The van der Waals surface area contributed by atoms with Crippen LogP contribution in [0.4, 0.5) is 0 Å². The van der Waals surface area contributed by atoms with Crippen molar-refractivity contribution in [2.45, 2.75) is 13.0 Å². The van der Waals surface area contributed by atoms with Crippen molar-refractivity contribution < 1.29 is 14.7 Å². The molecule has 6 nitrogen and oxygen atoms in total. The van der Waals surface area contributed by atoms with E-state index in [-0.39, 0.29) is 31.0 Å². The van der Waals surface area contributed by atoms with Gasteiger partial charge in [-0.1, -0.05) is 6.07 Å². The highest BCUT2D eigenvalue weighted by Crippen LogP contribution is 1.94. The van der Waals surface area contributed by atoms with E-state index < -0.39 is 5.97 Å². The molecule has 92 valence electrons. The minimum Gasteiger partial charge on any atom is -0.480 e. The maximum Gasteiger partial charge on any atom is 0.323 e. The lowest BCUT2D eigenvalue weighted by molar-refractivity contribution is -0.143. The minimum absolute atomic E-state index is 0.105. The molecule has 0 fully saturated rings. The maximum absolute atomic E-state index is 11.5. The number of pyridine rings is 1. The first-order chi connectivity index (χ1) is 8.00. The number of carbonyl (C=O) groups excluding carboxylic acids is 1. The highest BCUT2D eigenvalue weighted by molar-refractivity contribution is 5.80. The number of hydrogen-bond acceptors (Lipinski definition) is 3. The molecule has 0 bridgehead atoms. The minimum atomic E-state index is -1.06. The SMILES string of the molecule is CN(CC(=O)O)C(=O)CCn1ccccc1=O. The Morgan fingerprint density at radius 2 is 2.12 bits per heavy atom. The number of carboxylic acids is 1. The van der Waals surface area contributed by atoms with Crippen LogP contribution in [0.15, 0.2) is 29.2 Å². The molecule has 1 N–H and O–H groups in total. The predicted octanol–water partition coefficient (Wildman–Crippen LogP) is -0.219. The van der Waals surface area contributed by atoms with Crippen LogP contribution in [0.2, 0.25) is 0 Å². The fourth-order valence-electron chi connectivity index (χ4n) is 1.34. The highest BCUT2D eigenvalue weighted by Gasteiger charge is 2.11. The van der Waals surface area contributed by atoms with Crippen molar-refractivity contribution in [3.05, 3.63) is 34.7 Å². The van der Waals surface area contributed by atoms with Crippen molar-refractivity contribution in [1.29, 1.82) is 0 Å². The van der Waals surface area contributed by atoms with Crippen LogP contribution in [0.1, 0.15) is 6.42 Å². The summed E-state index contributed by atoms with van der Waals surface area (Å²) in [5.74, 6) is -1.36. The molecule has 0 atom stereocenters. The van der Waals surface area contributed by atoms with Gasteiger partial charge in [-0.15, -0.1) is 0 Å². The van der Waals surface area contributed by atoms with Crippen molar-refractivity contribution in [2.24, 2.45) is 0 Å². The fourth-order valence-corrected chi connectivity index (χ4v) is 1.34.